The lowest BCUT2D eigenvalue weighted by Gasteiger charge is -2.14. The average molecular weight is 361 g/mol. The van der Waals surface area contributed by atoms with E-state index < -0.39 is 11.6 Å². The minimum Gasteiger partial charge on any atom is -0.490 e. The number of halogens is 2. The molecule has 0 spiro atoms. The Kier molecular flexibility index (Phi) is 5.88. The molecule has 2 aromatic carbocycles. The van der Waals surface area contributed by atoms with Crippen LogP contribution < -0.4 is 20.1 Å². The van der Waals surface area contributed by atoms with Gasteiger partial charge in [-0.05, 0) is 30.2 Å². The first kappa shape index (κ1) is 18.0. The van der Waals surface area contributed by atoms with Gasteiger partial charge in [-0.2, -0.15) is 0 Å². The minimum atomic E-state index is -0.836. The van der Waals surface area contributed by atoms with E-state index in [2.05, 4.69) is 15.6 Å². The summed E-state index contributed by atoms with van der Waals surface area (Å²) in [6.07, 6.45) is 1.18. The van der Waals surface area contributed by atoms with Crippen LogP contribution in [0, 0.1) is 11.6 Å². The number of guanidine groups is 1. The molecule has 7 heteroatoms. The highest BCUT2D eigenvalue weighted by Gasteiger charge is 2.12. The second-order valence-electron chi connectivity index (χ2n) is 5.80. The summed E-state index contributed by atoms with van der Waals surface area (Å²) in [7, 11) is 1.64. The molecule has 1 aliphatic heterocycles. The number of aliphatic imine (C=N–C) groups is 1. The molecule has 0 bridgehead atoms. The molecule has 26 heavy (non-hydrogen) atoms. The summed E-state index contributed by atoms with van der Waals surface area (Å²) in [5.74, 6) is 0.288. The normalized spacial score (nSPS) is 13.9. The first-order valence-corrected chi connectivity index (χ1v) is 8.47. The van der Waals surface area contributed by atoms with Gasteiger partial charge in [-0.25, -0.2) is 8.78 Å². The van der Waals surface area contributed by atoms with E-state index in [1.54, 1.807) is 13.1 Å². The van der Waals surface area contributed by atoms with E-state index in [-0.39, 0.29) is 0 Å². The number of benzene rings is 2. The van der Waals surface area contributed by atoms with Crippen LogP contribution >= 0.6 is 0 Å². The van der Waals surface area contributed by atoms with Gasteiger partial charge in [0.25, 0.3) is 0 Å². The van der Waals surface area contributed by atoms with E-state index in [9.17, 15) is 8.78 Å². The van der Waals surface area contributed by atoms with Crippen LogP contribution in [-0.4, -0.2) is 32.8 Å². The van der Waals surface area contributed by atoms with Crippen LogP contribution in [0.15, 0.2) is 41.4 Å². The standard InChI is InChI=1S/C19H21F2N3O2/c1-22-19(23-9-8-13-4-2-5-15(20)18(13)21)24-14-6-7-16-17(12-14)26-11-3-10-25-16/h2,4-7,12H,3,8-11H2,1H3,(H2,22,23,24). The molecule has 5 nitrogen and oxygen atoms in total. The third-order valence-corrected chi connectivity index (χ3v) is 3.95. The fourth-order valence-electron chi connectivity index (χ4n) is 2.61. The second-order valence-corrected chi connectivity index (χ2v) is 5.80. The molecule has 0 saturated carbocycles. The van der Waals surface area contributed by atoms with E-state index in [1.807, 2.05) is 18.2 Å². The van der Waals surface area contributed by atoms with E-state index >= 15 is 0 Å². The van der Waals surface area contributed by atoms with Gasteiger partial charge in [0.05, 0.1) is 13.2 Å². The lowest BCUT2D eigenvalue weighted by atomic mass is 10.1. The highest BCUT2D eigenvalue weighted by molar-refractivity contribution is 5.93. The Morgan fingerprint density at radius 2 is 1.92 bits per heavy atom. The van der Waals surface area contributed by atoms with Gasteiger partial charge >= 0.3 is 0 Å². The Morgan fingerprint density at radius 1 is 1.12 bits per heavy atom. The molecule has 3 rings (SSSR count). The topological polar surface area (TPSA) is 54.9 Å². The van der Waals surface area contributed by atoms with Crippen molar-refractivity contribution in [1.29, 1.82) is 0 Å². The monoisotopic (exact) mass is 361 g/mol. The van der Waals surface area contributed by atoms with Crippen molar-refractivity contribution in [2.45, 2.75) is 12.8 Å². The number of anilines is 1. The van der Waals surface area contributed by atoms with Crippen molar-refractivity contribution in [2.75, 3.05) is 32.1 Å². The van der Waals surface area contributed by atoms with Gasteiger partial charge in [-0.15, -0.1) is 0 Å². The smallest absolute Gasteiger partial charge is 0.195 e. The van der Waals surface area contributed by atoms with Gasteiger partial charge in [0, 0.05) is 31.8 Å². The van der Waals surface area contributed by atoms with Crippen LogP contribution in [0.5, 0.6) is 11.5 Å². The average Bonchev–Trinajstić information content (AvgIpc) is 2.89. The summed E-state index contributed by atoms with van der Waals surface area (Å²) < 4.78 is 38.2. The first-order chi connectivity index (χ1) is 12.7. The van der Waals surface area contributed by atoms with Gasteiger partial charge in [0.15, 0.2) is 29.1 Å². The maximum Gasteiger partial charge on any atom is 0.195 e. The van der Waals surface area contributed by atoms with E-state index in [1.165, 1.54) is 6.07 Å². The van der Waals surface area contributed by atoms with Crippen molar-refractivity contribution in [3.8, 4) is 11.5 Å². The molecule has 2 N–H and O–H groups in total. The van der Waals surface area contributed by atoms with Crippen molar-refractivity contribution in [2.24, 2.45) is 4.99 Å². The quantitative estimate of drug-likeness (QED) is 0.648. The molecule has 0 aliphatic carbocycles. The highest BCUT2D eigenvalue weighted by atomic mass is 19.2. The fraction of sp³-hybridized carbons (Fsp3) is 0.316. The summed E-state index contributed by atoms with van der Waals surface area (Å²) in [6, 6.07) is 9.74. The van der Waals surface area contributed by atoms with Crippen LogP contribution in [0.4, 0.5) is 14.5 Å². The Labute approximate surface area is 151 Å². The van der Waals surface area contributed by atoms with Gasteiger partial charge < -0.3 is 20.1 Å². The fourth-order valence-corrected chi connectivity index (χ4v) is 2.61. The van der Waals surface area contributed by atoms with Crippen molar-refractivity contribution in [3.05, 3.63) is 53.6 Å². The molecule has 0 unspecified atom stereocenters. The Balaban J connectivity index is 1.58. The highest BCUT2D eigenvalue weighted by Crippen LogP contribution is 2.32. The summed E-state index contributed by atoms with van der Waals surface area (Å²) >= 11 is 0. The lowest BCUT2D eigenvalue weighted by Crippen LogP contribution is -2.32. The number of fused-ring (bicyclic) bond motifs is 1. The number of rotatable bonds is 4. The van der Waals surface area contributed by atoms with E-state index in [0.717, 1.165) is 23.9 Å². The molecule has 1 heterocycles. The van der Waals surface area contributed by atoms with Gasteiger partial charge in [-0.3, -0.25) is 4.99 Å². The number of hydrogen-bond donors (Lipinski definition) is 2. The molecular weight excluding hydrogens is 340 g/mol. The largest absolute Gasteiger partial charge is 0.490 e. The number of nitrogens with zero attached hydrogens (tertiary/aromatic N) is 1. The van der Waals surface area contributed by atoms with Gasteiger partial charge in [0.2, 0.25) is 0 Å². The Morgan fingerprint density at radius 3 is 2.73 bits per heavy atom. The number of hydrogen-bond acceptors (Lipinski definition) is 3. The second kappa shape index (κ2) is 8.51. The molecule has 2 aromatic rings. The molecule has 0 radical (unpaired) electrons. The predicted octanol–water partition coefficient (Wildman–Crippen LogP) is 3.36. The van der Waals surface area contributed by atoms with Crippen LogP contribution in [0.3, 0.4) is 0 Å². The summed E-state index contributed by atoms with van der Waals surface area (Å²) in [4.78, 5) is 4.14. The molecule has 1 aliphatic rings. The van der Waals surface area contributed by atoms with Crippen LogP contribution in [0.25, 0.3) is 0 Å². The van der Waals surface area contributed by atoms with E-state index in [4.69, 9.17) is 9.47 Å². The number of ether oxygens (including phenoxy) is 2. The molecule has 138 valence electrons. The van der Waals surface area contributed by atoms with Crippen molar-refractivity contribution in [1.82, 2.24) is 5.32 Å². The SMILES string of the molecule is CN=C(NCCc1cccc(F)c1F)Nc1ccc2c(c1)OCCCO2. The predicted molar refractivity (Wildman–Crippen MR) is 97.1 cm³/mol. The van der Waals surface area contributed by atoms with E-state index in [0.29, 0.717) is 43.5 Å². The summed E-state index contributed by atoms with van der Waals surface area (Å²) in [5, 5.41) is 6.23. The Hall–Kier alpha value is -2.83. The third-order valence-electron chi connectivity index (χ3n) is 3.95. The molecule has 0 fully saturated rings. The summed E-state index contributed by atoms with van der Waals surface area (Å²) in [6.45, 7) is 1.66. The van der Waals surface area contributed by atoms with Crippen molar-refractivity contribution in [3.63, 3.8) is 0 Å². The number of nitrogens with one attached hydrogen (secondary N) is 2. The zero-order valence-electron chi connectivity index (χ0n) is 14.5. The zero-order chi connectivity index (χ0) is 18.4. The molecular formula is C19H21F2N3O2. The zero-order valence-corrected chi connectivity index (χ0v) is 14.5. The van der Waals surface area contributed by atoms with Crippen molar-refractivity contribution < 1.29 is 18.3 Å². The van der Waals surface area contributed by atoms with Crippen molar-refractivity contribution >= 4 is 11.6 Å². The minimum absolute atomic E-state index is 0.323. The first-order valence-electron chi connectivity index (χ1n) is 8.47. The van der Waals surface area contributed by atoms with Crippen LogP contribution in [0.2, 0.25) is 0 Å². The van der Waals surface area contributed by atoms with Crippen LogP contribution in [0.1, 0.15) is 12.0 Å². The Bertz CT molecular complexity index is 796. The maximum absolute atomic E-state index is 13.7. The molecule has 0 saturated heterocycles. The summed E-state index contributed by atoms with van der Waals surface area (Å²) in [5.41, 5.74) is 1.11. The maximum atomic E-state index is 13.7. The molecule has 0 atom stereocenters. The van der Waals surface area contributed by atoms with Crippen LogP contribution in [-0.2, 0) is 6.42 Å². The lowest BCUT2D eigenvalue weighted by molar-refractivity contribution is 0.297. The molecule has 0 aromatic heterocycles. The third kappa shape index (κ3) is 4.41. The van der Waals surface area contributed by atoms with Gasteiger partial charge in [0.1, 0.15) is 0 Å². The van der Waals surface area contributed by atoms with Gasteiger partial charge in [-0.1, -0.05) is 12.1 Å². The molecule has 0 amide bonds.